The normalized spacial score (nSPS) is 23.1. The van der Waals surface area contributed by atoms with Gasteiger partial charge in [0.15, 0.2) is 0 Å². The zero-order valence-corrected chi connectivity index (χ0v) is 13.6. The average molecular weight is 293 g/mol. The Labute approximate surface area is 127 Å². The predicted octanol–water partition coefficient (Wildman–Crippen LogP) is 3.03. The summed E-state index contributed by atoms with van der Waals surface area (Å²) in [5.74, 6) is 1.60. The van der Waals surface area contributed by atoms with Gasteiger partial charge in [-0.1, -0.05) is 19.9 Å². The molecule has 118 valence electrons. The van der Waals surface area contributed by atoms with Crippen molar-refractivity contribution in [1.29, 1.82) is 0 Å². The van der Waals surface area contributed by atoms with Gasteiger partial charge >= 0.3 is 0 Å². The number of fused-ring (bicyclic) bond motifs is 1. The number of aliphatic hydroxyl groups is 1. The Morgan fingerprint density at radius 3 is 2.76 bits per heavy atom. The molecule has 1 aliphatic heterocycles. The lowest BCUT2D eigenvalue weighted by molar-refractivity contribution is -0.0268. The van der Waals surface area contributed by atoms with Gasteiger partial charge in [-0.05, 0) is 32.8 Å². The monoisotopic (exact) mass is 293 g/mol. The van der Waals surface area contributed by atoms with Crippen molar-refractivity contribution in [2.75, 3.05) is 6.61 Å². The van der Waals surface area contributed by atoms with E-state index in [1.54, 1.807) is 6.92 Å². The van der Waals surface area contributed by atoms with E-state index >= 15 is 0 Å². The van der Waals surface area contributed by atoms with Gasteiger partial charge < -0.3 is 20.3 Å². The van der Waals surface area contributed by atoms with E-state index < -0.39 is 5.60 Å². The fraction of sp³-hybridized carbons (Fsp3) is 0.647. The van der Waals surface area contributed by atoms with Crippen LogP contribution in [-0.4, -0.2) is 22.9 Å². The van der Waals surface area contributed by atoms with Crippen LogP contribution in [0.25, 0.3) is 0 Å². The van der Waals surface area contributed by atoms with Crippen LogP contribution >= 0.6 is 0 Å². The first-order valence-electron chi connectivity index (χ1n) is 7.54. The van der Waals surface area contributed by atoms with Crippen molar-refractivity contribution in [2.24, 2.45) is 11.7 Å². The standard InChI is InChI=1S/C17H27NO3/c1-11(2)17(5,19)10-20-12-6-7-13-14(18)9-16(3,4)21-15(13)8-12/h6-8,11,14,19H,9-10,18H2,1-5H3. The summed E-state index contributed by atoms with van der Waals surface area (Å²) in [7, 11) is 0. The first kappa shape index (κ1) is 16.1. The lowest BCUT2D eigenvalue weighted by Crippen LogP contribution is -2.38. The summed E-state index contributed by atoms with van der Waals surface area (Å²) in [6.45, 7) is 10.0. The predicted molar refractivity (Wildman–Crippen MR) is 83.7 cm³/mol. The van der Waals surface area contributed by atoms with E-state index in [9.17, 15) is 5.11 Å². The van der Waals surface area contributed by atoms with E-state index in [0.29, 0.717) is 5.75 Å². The molecular weight excluding hydrogens is 266 g/mol. The number of benzene rings is 1. The van der Waals surface area contributed by atoms with Gasteiger partial charge in [-0.2, -0.15) is 0 Å². The second-order valence-electron chi connectivity index (χ2n) is 7.17. The van der Waals surface area contributed by atoms with Crippen LogP contribution in [0, 0.1) is 5.92 Å². The molecular formula is C17H27NO3. The summed E-state index contributed by atoms with van der Waals surface area (Å²) in [5, 5.41) is 10.2. The van der Waals surface area contributed by atoms with Crippen LogP contribution in [0.4, 0.5) is 0 Å². The molecule has 1 aromatic carbocycles. The maximum Gasteiger partial charge on any atom is 0.128 e. The van der Waals surface area contributed by atoms with Crippen molar-refractivity contribution in [1.82, 2.24) is 0 Å². The van der Waals surface area contributed by atoms with Gasteiger partial charge in [0, 0.05) is 24.1 Å². The van der Waals surface area contributed by atoms with Crippen molar-refractivity contribution in [3.05, 3.63) is 23.8 Å². The Balaban J connectivity index is 2.14. The molecule has 2 rings (SSSR count). The highest BCUT2D eigenvalue weighted by atomic mass is 16.5. The molecule has 21 heavy (non-hydrogen) atoms. The van der Waals surface area contributed by atoms with E-state index in [0.717, 1.165) is 17.7 Å². The molecule has 3 N–H and O–H groups in total. The minimum atomic E-state index is -0.855. The number of rotatable bonds is 4. The maximum absolute atomic E-state index is 10.2. The molecule has 2 unspecified atom stereocenters. The topological polar surface area (TPSA) is 64.7 Å². The Bertz CT molecular complexity index is 509. The maximum atomic E-state index is 10.2. The van der Waals surface area contributed by atoms with Gasteiger partial charge in [0.2, 0.25) is 0 Å². The third-order valence-corrected chi connectivity index (χ3v) is 4.26. The van der Waals surface area contributed by atoms with Crippen LogP contribution in [0.15, 0.2) is 18.2 Å². The molecule has 0 aromatic heterocycles. The largest absolute Gasteiger partial charge is 0.490 e. The van der Waals surface area contributed by atoms with Gasteiger partial charge in [0.25, 0.3) is 0 Å². The van der Waals surface area contributed by atoms with Crippen molar-refractivity contribution < 1.29 is 14.6 Å². The third kappa shape index (κ3) is 3.69. The lowest BCUT2D eigenvalue weighted by Gasteiger charge is -2.36. The minimum absolute atomic E-state index is 0.0171. The molecule has 0 radical (unpaired) electrons. The van der Waals surface area contributed by atoms with Crippen LogP contribution in [0.3, 0.4) is 0 Å². The Morgan fingerprint density at radius 2 is 2.14 bits per heavy atom. The van der Waals surface area contributed by atoms with Gasteiger partial charge in [-0.3, -0.25) is 0 Å². The Morgan fingerprint density at radius 1 is 1.48 bits per heavy atom. The van der Waals surface area contributed by atoms with Gasteiger partial charge in [-0.15, -0.1) is 0 Å². The molecule has 1 heterocycles. The summed E-state index contributed by atoms with van der Waals surface area (Å²) < 4.78 is 11.7. The zero-order chi connectivity index (χ0) is 15.8. The molecule has 0 fully saturated rings. The number of hydrogen-bond donors (Lipinski definition) is 2. The minimum Gasteiger partial charge on any atom is -0.490 e. The van der Waals surface area contributed by atoms with E-state index in [4.69, 9.17) is 15.2 Å². The van der Waals surface area contributed by atoms with Crippen molar-refractivity contribution >= 4 is 0 Å². The molecule has 1 aromatic rings. The highest BCUT2D eigenvalue weighted by molar-refractivity contribution is 5.44. The molecule has 2 atom stereocenters. The quantitative estimate of drug-likeness (QED) is 0.895. The van der Waals surface area contributed by atoms with E-state index in [1.807, 2.05) is 45.9 Å². The molecule has 0 amide bonds. The Kier molecular flexibility index (Phi) is 4.22. The molecule has 4 heteroatoms. The SMILES string of the molecule is CC(C)C(C)(O)COc1ccc2c(c1)OC(C)(C)CC2N. The van der Waals surface area contributed by atoms with E-state index in [1.165, 1.54) is 0 Å². The Hall–Kier alpha value is -1.26. The first-order chi connectivity index (χ1) is 9.61. The van der Waals surface area contributed by atoms with Crippen LogP contribution < -0.4 is 15.2 Å². The molecule has 1 aliphatic rings. The molecule has 0 bridgehead atoms. The summed E-state index contributed by atoms with van der Waals surface area (Å²) >= 11 is 0. The molecule has 4 nitrogen and oxygen atoms in total. The number of hydrogen-bond acceptors (Lipinski definition) is 4. The fourth-order valence-corrected chi connectivity index (χ4v) is 2.37. The van der Waals surface area contributed by atoms with Gasteiger partial charge in [0.05, 0.1) is 5.60 Å². The highest BCUT2D eigenvalue weighted by Gasteiger charge is 2.32. The van der Waals surface area contributed by atoms with Crippen LogP contribution in [0.1, 0.15) is 52.6 Å². The third-order valence-electron chi connectivity index (χ3n) is 4.26. The van der Waals surface area contributed by atoms with E-state index in [2.05, 4.69) is 0 Å². The molecule has 0 saturated heterocycles. The molecule has 0 spiro atoms. The fourth-order valence-electron chi connectivity index (χ4n) is 2.37. The highest BCUT2D eigenvalue weighted by Crippen LogP contribution is 2.40. The van der Waals surface area contributed by atoms with Crippen LogP contribution in [0.2, 0.25) is 0 Å². The first-order valence-corrected chi connectivity index (χ1v) is 7.54. The summed E-state index contributed by atoms with van der Waals surface area (Å²) in [4.78, 5) is 0. The van der Waals surface area contributed by atoms with Gasteiger partial charge in [-0.25, -0.2) is 0 Å². The summed E-state index contributed by atoms with van der Waals surface area (Å²) in [6.07, 6.45) is 0.794. The second kappa shape index (κ2) is 5.50. The van der Waals surface area contributed by atoms with Crippen LogP contribution in [0.5, 0.6) is 11.5 Å². The summed E-state index contributed by atoms with van der Waals surface area (Å²) in [5.41, 5.74) is 6.08. The van der Waals surface area contributed by atoms with Crippen molar-refractivity contribution in [2.45, 2.75) is 58.3 Å². The van der Waals surface area contributed by atoms with Gasteiger partial charge in [0.1, 0.15) is 23.7 Å². The van der Waals surface area contributed by atoms with Crippen molar-refractivity contribution in [3.8, 4) is 11.5 Å². The smallest absolute Gasteiger partial charge is 0.128 e. The molecule has 0 aliphatic carbocycles. The molecule has 0 saturated carbocycles. The average Bonchev–Trinajstić information content (AvgIpc) is 2.34. The zero-order valence-electron chi connectivity index (χ0n) is 13.6. The lowest BCUT2D eigenvalue weighted by atomic mass is 9.90. The summed E-state index contributed by atoms with van der Waals surface area (Å²) in [6, 6.07) is 5.69. The van der Waals surface area contributed by atoms with E-state index in [-0.39, 0.29) is 24.2 Å². The number of ether oxygens (including phenoxy) is 2. The van der Waals surface area contributed by atoms with Crippen LogP contribution in [-0.2, 0) is 0 Å². The van der Waals surface area contributed by atoms with Crippen molar-refractivity contribution in [3.63, 3.8) is 0 Å². The number of nitrogens with two attached hydrogens (primary N) is 1. The second-order valence-corrected chi connectivity index (χ2v) is 7.17.